The number of anilines is 1. The summed E-state index contributed by atoms with van der Waals surface area (Å²) >= 11 is 0. The average molecular weight is 359 g/mol. The van der Waals surface area contributed by atoms with Gasteiger partial charge in [0, 0.05) is 11.8 Å². The van der Waals surface area contributed by atoms with E-state index < -0.39 is 5.91 Å². The van der Waals surface area contributed by atoms with Gasteiger partial charge in [0.25, 0.3) is 0 Å². The van der Waals surface area contributed by atoms with Gasteiger partial charge in [0.05, 0.1) is 5.39 Å². The standard InChI is InChI=1S/C20H17N5O2/c21-17(26)11-25-10-16(18-19(22)23-12-24-20(18)25)13-6-8-15(9-7-13)27-14-4-2-1-3-5-14/h1-10,12H,11H2,(H2,21,26)(H2,22,23,24). The summed E-state index contributed by atoms with van der Waals surface area (Å²) < 4.78 is 7.50. The van der Waals surface area contributed by atoms with E-state index >= 15 is 0 Å². The zero-order valence-corrected chi connectivity index (χ0v) is 14.4. The van der Waals surface area contributed by atoms with E-state index in [1.54, 1.807) is 4.57 Å². The third-order valence-electron chi connectivity index (χ3n) is 4.15. The fraction of sp³-hybridized carbons (Fsp3) is 0.0500. The number of primary amides is 1. The number of amides is 1. The van der Waals surface area contributed by atoms with Crippen molar-refractivity contribution in [2.45, 2.75) is 6.54 Å². The van der Waals surface area contributed by atoms with Gasteiger partial charge in [-0.1, -0.05) is 30.3 Å². The van der Waals surface area contributed by atoms with Crippen molar-refractivity contribution < 1.29 is 9.53 Å². The Bertz CT molecular complexity index is 1100. The topological polar surface area (TPSA) is 109 Å². The summed E-state index contributed by atoms with van der Waals surface area (Å²) in [7, 11) is 0. The van der Waals surface area contributed by atoms with Crippen LogP contribution in [0.1, 0.15) is 0 Å². The summed E-state index contributed by atoms with van der Waals surface area (Å²) in [4.78, 5) is 19.7. The number of benzene rings is 2. The quantitative estimate of drug-likeness (QED) is 0.569. The second kappa shape index (κ2) is 6.80. The fourth-order valence-electron chi connectivity index (χ4n) is 2.98. The third kappa shape index (κ3) is 3.30. The first-order valence-corrected chi connectivity index (χ1v) is 8.33. The van der Waals surface area contributed by atoms with E-state index in [1.807, 2.05) is 60.8 Å². The van der Waals surface area contributed by atoms with Crippen molar-refractivity contribution in [3.8, 4) is 22.6 Å². The molecule has 4 N–H and O–H groups in total. The highest BCUT2D eigenvalue weighted by Gasteiger charge is 2.16. The highest BCUT2D eigenvalue weighted by molar-refractivity contribution is 6.01. The monoisotopic (exact) mass is 359 g/mol. The Morgan fingerprint density at radius 2 is 1.70 bits per heavy atom. The molecule has 7 heteroatoms. The van der Waals surface area contributed by atoms with Gasteiger partial charge >= 0.3 is 0 Å². The highest BCUT2D eigenvalue weighted by Crippen LogP contribution is 2.34. The van der Waals surface area contributed by atoms with Crippen molar-refractivity contribution in [2.75, 3.05) is 5.73 Å². The lowest BCUT2D eigenvalue weighted by atomic mass is 10.1. The number of para-hydroxylation sites is 1. The van der Waals surface area contributed by atoms with Crippen LogP contribution in [-0.4, -0.2) is 20.4 Å². The number of nitrogens with two attached hydrogens (primary N) is 2. The highest BCUT2D eigenvalue weighted by atomic mass is 16.5. The van der Waals surface area contributed by atoms with Gasteiger partial charge in [-0.2, -0.15) is 0 Å². The van der Waals surface area contributed by atoms with E-state index in [-0.39, 0.29) is 6.54 Å². The van der Waals surface area contributed by atoms with Crippen LogP contribution in [0.2, 0.25) is 0 Å². The van der Waals surface area contributed by atoms with Crippen LogP contribution in [0, 0.1) is 0 Å². The van der Waals surface area contributed by atoms with Gasteiger partial charge in [0.15, 0.2) is 0 Å². The molecule has 2 aromatic heterocycles. The number of carbonyl (C=O) groups is 1. The molecule has 0 atom stereocenters. The smallest absolute Gasteiger partial charge is 0.237 e. The summed E-state index contributed by atoms with van der Waals surface area (Å²) in [6.45, 7) is 0.0160. The van der Waals surface area contributed by atoms with Crippen LogP contribution in [-0.2, 0) is 11.3 Å². The molecule has 1 amide bonds. The van der Waals surface area contributed by atoms with Crippen LogP contribution in [0.25, 0.3) is 22.2 Å². The first-order valence-electron chi connectivity index (χ1n) is 8.33. The van der Waals surface area contributed by atoms with Gasteiger partial charge in [-0.25, -0.2) is 9.97 Å². The number of rotatable bonds is 5. The number of ether oxygens (including phenoxy) is 1. The molecule has 0 unspecified atom stereocenters. The minimum Gasteiger partial charge on any atom is -0.457 e. The molecule has 0 aliphatic heterocycles. The molecular weight excluding hydrogens is 342 g/mol. The molecular formula is C20H17N5O2. The van der Waals surface area contributed by atoms with Crippen LogP contribution in [0.3, 0.4) is 0 Å². The van der Waals surface area contributed by atoms with E-state index in [1.165, 1.54) is 6.33 Å². The number of carbonyl (C=O) groups excluding carboxylic acids is 1. The van der Waals surface area contributed by atoms with Gasteiger partial charge in [-0.15, -0.1) is 0 Å². The maximum Gasteiger partial charge on any atom is 0.237 e. The average Bonchev–Trinajstić information content (AvgIpc) is 3.02. The van der Waals surface area contributed by atoms with E-state index in [2.05, 4.69) is 9.97 Å². The van der Waals surface area contributed by atoms with E-state index in [4.69, 9.17) is 16.2 Å². The number of aromatic nitrogens is 3. The Balaban J connectivity index is 1.72. The van der Waals surface area contributed by atoms with Gasteiger partial charge in [0.2, 0.25) is 5.91 Å². The van der Waals surface area contributed by atoms with Crippen molar-refractivity contribution in [2.24, 2.45) is 5.73 Å². The normalized spacial score (nSPS) is 10.8. The number of fused-ring (bicyclic) bond motifs is 1. The Morgan fingerprint density at radius 3 is 2.41 bits per heavy atom. The first-order chi connectivity index (χ1) is 13.1. The molecule has 4 aromatic rings. The predicted octanol–water partition coefficient (Wildman–Crippen LogP) is 2.96. The maximum absolute atomic E-state index is 11.4. The number of nitrogens with zero attached hydrogens (tertiary/aromatic N) is 3. The van der Waals surface area contributed by atoms with Crippen LogP contribution < -0.4 is 16.2 Å². The second-order valence-electron chi connectivity index (χ2n) is 6.03. The van der Waals surface area contributed by atoms with Crippen LogP contribution in [0.5, 0.6) is 11.5 Å². The summed E-state index contributed by atoms with van der Waals surface area (Å²) in [5.74, 6) is 1.38. The molecule has 0 saturated carbocycles. The van der Waals surface area contributed by atoms with Crippen LogP contribution in [0.15, 0.2) is 67.1 Å². The lowest BCUT2D eigenvalue weighted by molar-refractivity contribution is -0.118. The molecule has 0 spiro atoms. The number of hydrogen-bond donors (Lipinski definition) is 2. The van der Waals surface area contributed by atoms with Crippen molar-refractivity contribution in [3.05, 3.63) is 67.1 Å². The Labute approximate surface area is 155 Å². The lowest BCUT2D eigenvalue weighted by Gasteiger charge is -2.06. The molecule has 27 heavy (non-hydrogen) atoms. The van der Waals surface area contributed by atoms with Crippen LogP contribution in [0.4, 0.5) is 5.82 Å². The Kier molecular flexibility index (Phi) is 4.18. The van der Waals surface area contributed by atoms with Crippen LogP contribution >= 0.6 is 0 Å². The Hall–Kier alpha value is -3.87. The predicted molar refractivity (Wildman–Crippen MR) is 103 cm³/mol. The van der Waals surface area contributed by atoms with Crippen molar-refractivity contribution >= 4 is 22.8 Å². The van der Waals surface area contributed by atoms with Crippen molar-refractivity contribution in [1.29, 1.82) is 0 Å². The van der Waals surface area contributed by atoms with Gasteiger partial charge in [-0.3, -0.25) is 4.79 Å². The second-order valence-corrected chi connectivity index (χ2v) is 6.03. The summed E-state index contributed by atoms with van der Waals surface area (Å²) in [5.41, 5.74) is 13.7. The fourth-order valence-corrected chi connectivity index (χ4v) is 2.98. The molecule has 2 heterocycles. The molecule has 134 valence electrons. The molecule has 0 fully saturated rings. The first kappa shape index (κ1) is 16.6. The zero-order valence-electron chi connectivity index (χ0n) is 14.4. The number of nitrogen functional groups attached to an aromatic ring is 1. The SMILES string of the molecule is NC(=O)Cn1cc(-c2ccc(Oc3ccccc3)cc2)c2c(N)ncnc21. The molecule has 0 aliphatic rings. The van der Waals surface area contributed by atoms with Crippen molar-refractivity contribution in [1.82, 2.24) is 14.5 Å². The maximum atomic E-state index is 11.4. The minimum atomic E-state index is -0.456. The zero-order chi connectivity index (χ0) is 18.8. The molecule has 0 bridgehead atoms. The summed E-state index contributed by atoms with van der Waals surface area (Å²) in [6.07, 6.45) is 3.18. The lowest BCUT2D eigenvalue weighted by Crippen LogP contribution is -2.18. The molecule has 2 aromatic carbocycles. The minimum absolute atomic E-state index is 0.0160. The van der Waals surface area contributed by atoms with E-state index in [9.17, 15) is 4.79 Å². The largest absolute Gasteiger partial charge is 0.457 e. The summed E-state index contributed by atoms with van der Waals surface area (Å²) in [6, 6.07) is 17.2. The van der Waals surface area contributed by atoms with Crippen molar-refractivity contribution in [3.63, 3.8) is 0 Å². The molecule has 0 radical (unpaired) electrons. The summed E-state index contributed by atoms with van der Waals surface area (Å²) in [5, 5.41) is 0.690. The molecule has 0 aliphatic carbocycles. The van der Waals surface area contributed by atoms with E-state index in [0.717, 1.165) is 22.6 Å². The van der Waals surface area contributed by atoms with Gasteiger partial charge in [-0.05, 0) is 29.8 Å². The molecule has 7 nitrogen and oxygen atoms in total. The number of hydrogen-bond acceptors (Lipinski definition) is 5. The van der Waals surface area contributed by atoms with Gasteiger partial charge < -0.3 is 20.8 Å². The Morgan fingerprint density at radius 1 is 1.00 bits per heavy atom. The molecule has 4 rings (SSSR count). The van der Waals surface area contributed by atoms with E-state index in [0.29, 0.717) is 16.9 Å². The van der Waals surface area contributed by atoms with Gasteiger partial charge in [0.1, 0.15) is 35.8 Å². The molecule has 0 saturated heterocycles. The third-order valence-corrected chi connectivity index (χ3v) is 4.15.